The Hall–Kier alpha value is 0.520. The van der Waals surface area contributed by atoms with Gasteiger partial charge in [0.2, 0.25) is 0 Å². The maximum absolute atomic E-state index is 8.09. The van der Waals surface area contributed by atoms with E-state index in [1.165, 1.54) is 0 Å². The van der Waals surface area contributed by atoms with Gasteiger partial charge in [-0.2, -0.15) is 0 Å². The summed E-state index contributed by atoms with van der Waals surface area (Å²) in [6.07, 6.45) is 0. The van der Waals surface area contributed by atoms with Crippen molar-refractivity contribution in [2.45, 2.75) is 0 Å². The molecule has 0 radical (unpaired) electrons. The first-order chi connectivity index (χ1) is 2.91. The zero-order chi connectivity index (χ0) is 4.83. The van der Waals surface area contributed by atoms with Crippen molar-refractivity contribution >= 4 is 23.5 Å². The van der Waals surface area contributed by atoms with Crippen LogP contribution in [-0.2, 0) is 0 Å². The van der Waals surface area contributed by atoms with Crippen molar-refractivity contribution in [3.8, 4) is 0 Å². The molecule has 0 amide bonds. The van der Waals surface area contributed by atoms with Gasteiger partial charge in [-0.25, -0.2) is 0 Å². The predicted molar refractivity (Wildman–Crippen MR) is 32.9 cm³/mol. The maximum atomic E-state index is 8.09. The van der Waals surface area contributed by atoms with Crippen molar-refractivity contribution in [1.29, 1.82) is 0 Å². The van der Waals surface area contributed by atoms with E-state index in [-0.39, 0.29) is 6.61 Å². The van der Waals surface area contributed by atoms with Crippen LogP contribution < -0.4 is 4.86 Å². The molecule has 0 aliphatic heterocycles. The number of nitrogens with one attached hydrogen (secondary N) is 1. The number of hydrogen-bond acceptors (Lipinski definition) is 2. The van der Waals surface area contributed by atoms with Crippen LogP contribution >= 0.6 is 17.7 Å². The highest BCUT2D eigenvalue weighted by molar-refractivity contribution is 7.44. The zero-order valence-corrected chi connectivity index (χ0v) is 5.31. The molecular formula is C2H7NOP2. The molecule has 0 aliphatic rings. The topological polar surface area (TPSA) is 32.3 Å². The van der Waals surface area contributed by atoms with Gasteiger partial charge in [0.05, 0.1) is 6.61 Å². The molecule has 36 valence electrons. The molecule has 6 heavy (non-hydrogen) atoms. The molecule has 0 aromatic carbocycles. The van der Waals surface area contributed by atoms with Crippen LogP contribution in [-0.4, -0.2) is 17.5 Å². The van der Waals surface area contributed by atoms with Crippen LogP contribution in [0.25, 0.3) is 0 Å². The van der Waals surface area contributed by atoms with Crippen molar-refractivity contribution in [3.63, 3.8) is 0 Å². The molecule has 0 aromatic rings. The first-order valence-corrected chi connectivity index (χ1v) is 3.04. The van der Waals surface area contributed by atoms with Crippen molar-refractivity contribution < 1.29 is 5.11 Å². The van der Waals surface area contributed by atoms with E-state index < -0.39 is 0 Å². The lowest BCUT2D eigenvalue weighted by Gasteiger charge is -1.75. The number of rotatable bonds is 2. The normalized spacial score (nSPS) is 10.3. The first-order valence-electron chi connectivity index (χ1n) is 1.49. The summed E-state index contributed by atoms with van der Waals surface area (Å²) < 4.78 is 0. The van der Waals surface area contributed by atoms with Crippen molar-refractivity contribution in [2.75, 3.05) is 6.61 Å². The molecule has 0 fully saturated rings. The van der Waals surface area contributed by atoms with Crippen molar-refractivity contribution in [2.24, 2.45) is 0 Å². The molecule has 0 bridgehead atoms. The van der Waals surface area contributed by atoms with Crippen LogP contribution in [0.4, 0.5) is 0 Å². The molecule has 0 aromatic heterocycles. The van der Waals surface area contributed by atoms with Gasteiger partial charge in [-0.1, -0.05) is 9.39 Å². The van der Waals surface area contributed by atoms with Gasteiger partial charge in [-0.05, 0) is 14.2 Å². The summed E-state index contributed by atoms with van der Waals surface area (Å²) in [7, 11) is 3.27. The SMILES string of the molecule is OCC=PNP. The Labute approximate surface area is 41.1 Å². The minimum absolute atomic E-state index is 0.142. The summed E-state index contributed by atoms with van der Waals surface area (Å²) in [5, 5.41) is 8.09. The van der Waals surface area contributed by atoms with Crippen LogP contribution in [0, 0.1) is 0 Å². The Morgan fingerprint density at radius 3 is 2.83 bits per heavy atom. The summed E-state index contributed by atoms with van der Waals surface area (Å²) in [6.45, 7) is 0.142. The van der Waals surface area contributed by atoms with Crippen LogP contribution in [0.2, 0.25) is 0 Å². The smallest absolute Gasteiger partial charge is 0.0666 e. The van der Waals surface area contributed by atoms with Gasteiger partial charge < -0.3 is 5.11 Å². The van der Waals surface area contributed by atoms with Crippen LogP contribution in [0.15, 0.2) is 0 Å². The van der Waals surface area contributed by atoms with E-state index in [0.717, 1.165) is 8.35 Å². The van der Waals surface area contributed by atoms with Gasteiger partial charge in [0.25, 0.3) is 0 Å². The second-order valence-electron chi connectivity index (χ2n) is 0.623. The van der Waals surface area contributed by atoms with E-state index in [4.69, 9.17) is 5.11 Å². The molecule has 0 heterocycles. The monoisotopic (exact) mass is 123 g/mol. The van der Waals surface area contributed by atoms with Gasteiger partial charge in [0, 0.05) is 0 Å². The molecule has 0 spiro atoms. The second-order valence-corrected chi connectivity index (χ2v) is 2.28. The molecular weight excluding hydrogens is 116 g/mol. The minimum atomic E-state index is 0.142. The highest BCUT2D eigenvalue weighted by Crippen LogP contribution is 1.85. The molecule has 0 rings (SSSR count). The van der Waals surface area contributed by atoms with Gasteiger partial charge in [0.15, 0.2) is 0 Å². The van der Waals surface area contributed by atoms with E-state index in [9.17, 15) is 0 Å². The highest BCUT2D eigenvalue weighted by atomic mass is 31.1. The quantitative estimate of drug-likeness (QED) is 0.507. The summed E-state index contributed by atoms with van der Waals surface area (Å²) in [4.78, 5) is 2.74. The van der Waals surface area contributed by atoms with Crippen LogP contribution in [0.5, 0.6) is 0 Å². The molecule has 2 nitrogen and oxygen atoms in total. The predicted octanol–water partition coefficient (Wildman–Crippen LogP) is 0.0218. The molecule has 2 N–H and O–H groups in total. The van der Waals surface area contributed by atoms with Gasteiger partial charge in [-0.15, -0.1) is 0 Å². The van der Waals surface area contributed by atoms with E-state index in [0.29, 0.717) is 0 Å². The average molecular weight is 123 g/mol. The number of aliphatic hydroxyl groups excluding tert-OH is 1. The lowest BCUT2D eigenvalue weighted by Crippen LogP contribution is -1.78. The molecule has 4 heteroatoms. The fourth-order valence-corrected chi connectivity index (χ4v) is 0.597. The maximum Gasteiger partial charge on any atom is 0.0666 e. The van der Waals surface area contributed by atoms with Gasteiger partial charge in [0.1, 0.15) is 0 Å². The van der Waals surface area contributed by atoms with E-state index >= 15 is 0 Å². The van der Waals surface area contributed by atoms with E-state index in [2.05, 4.69) is 14.2 Å². The number of aliphatic hydroxyl groups is 1. The molecule has 1 unspecified atom stereocenters. The summed E-state index contributed by atoms with van der Waals surface area (Å²) in [5.41, 5.74) is 0. The van der Waals surface area contributed by atoms with Crippen molar-refractivity contribution in [1.82, 2.24) is 4.86 Å². The summed E-state index contributed by atoms with van der Waals surface area (Å²) in [6, 6.07) is 0. The van der Waals surface area contributed by atoms with Gasteiger partial charge in [-0.3, -0.25) is 4.86 Å². The fourth-order valence-electron chi connectivity index (χ4n) is 0.0935. The van der Waals surface area contributed by atoms with E-state index in [1.807, 2.05) is 0 Å². The lowest BCUT2D eigenvalue weighted by molar-refractivity contribution is 0.363. The molecule has 0 saturated carbocycles. The zero-order valence-electron chi connectivity index (χ0n) is 3.26. The third-order valence-electron chi connectivity index (χ3n) is 0.247. The Kier molecular flexibility index (Phi) is 6.00. The summed E-state index contributed by atoms with van der Waals surface area (Å²) in [5.74, 6) is 1.70. The molecule has 1 atom stereocenters. The Bertz CT molecular complexity index is 40.8. The Balaban J connectivity index is 2.73. The lowest BCUT2D eigenvalue weighted by atomic mass is 10.9. The second kappa shape index (κ2) is 5.52. The highest BCUT2D eigenvalue weighted by Gasteiger charge is 1.59. The van der Waals surface area contributed by atoms with E-state index in [1.54, 1.807) is 5.80 Å². The first kappa shape index (κ1) is 6.52. The molecule has 0 saturated heterocycles. The number of hydrogen-bond donors (Lipinski definition) is 2. The Morgan fingerprint density at radius 2 is 2.67 bits per heavy atom. The molecule has 0 aliphatic carbocycles. The standard InChI is InChI=1S/C2H7NOP2/c4-1-2-6-3-5/h2-4H,1,5H2. The average Bonchev–Trinajstić information content (AvgIpc) is 1.61. The largest absolute Gasteiger partial charge is 0.392 e. The van der Waals surface area contributed by atoms with Gasteiger partial charge >= 0.3 is 0 Å². The minimum Gasteiger partial charge on any atom is -0.392 e. The van der Waals surface area contributed by atoms with Crippen molar-refractivity contribution in [3.05, 3.63) is 0 Å². The fraction of sp³-hybridized carbons (Fsp3) is 0.500. The summed E-state index contributed by atoms with van der Waals surface area (Å²) >= 11 is 0. The third-order valence-corrected chi connectivity index (χ3v) is 1.19. The van der Waals surface area contributed by atoms with Crippen LogP contribution in [0.1, 0.15) is 0 Å². The Morgan fingerprint density at radius 1 is 2.00 bits per heavy atom. The third kappa shape index (κ3) is 4.52. The van der Waals surface area contributed by atoms with Crippen LogP contribution in [0.3, 0.4) is 0 Å².